The molecule has 0 aromatic heterocycles. The largest absolute Gasteiger partial charge is 0.303 e. The molecule has 168 valence electrons. The number of rotatable bonds is 22. The highest BCUT2D eigenvalue weighted by Crippen LogP contribution is 2.15. The summed E-state index contributed by atoms with van der Waals surface area (Å²) in [6.45, 7) is 4.58. The summed E-state index contributed by atoms with van der Waals surface area (Å²) in [6, 6.07) is 0.642. The van der Waals surface area contributed by atoms with Gasteiger partial charge in [0, 0.05) is 6.04 Å². The van der Waals surface area contributed by atoms with Crippen LogP contribution >= 0.6 is 0 Å². The van der Waals surface area contributed by atoms with E-state index in [1.807, 2.05) is 0 Å². The summed E-state index contributed by atoms with van der Waals surface area (Å²) in [4.78, 5) is 2.39. The Morgan fingerprint density at radius 3 is 1.36 bits per heavy atom. The molecule has 0 saturated heterocycles. The second kappa shape index (κ2) is 23.0. The zero-order valence-electron chi connectivity index (χ0n) is 20.3. The lowest BCUT2D eigenvalue weighted by molar-refractivity contribution is 0.319. The number of hydrogen-bond acceptors (Lipinski definition) is 1. The molecule has 0 bridgehead atoms. The van der Waals surface area contributed by atoms with Gasteiger partial charge in [-0.1, -0.05) is 135 Å². The Balaban J connectivity index is 3.40. The molecule has 0 aliphatic carbocycles. The van der Waals surface area contributed by atoms with Gasteiger partial charge in [0.1, 0.15) is 0 Å². The van der Waals surface area contributed by atoms with Crippen LogP contribution in [0.5, 0.6) is 0 Å². The zero-order chi connectivity index (χ0) is 20.7. The molecule has 1 heteroatoms. The topological polar surface area (TPSA) is 3.24 Å². The molecule has 0 rings (SSSR count). The van der Waals surface area contributed by atoms with Gasteiger partial charge in [-0.3, -0.25) is 0 Å². The number of likely N-dealkylation sites (N-methyl/N-ethyl adjacent to an activating group) is 1. The Bertz CT molecular complexity index is 307. The second-order valence-electron chi connectivity index (χ2n) is 9.19. The quantitative estimate of drug-likeness (QED) is 0.131. The Hall–Kier alpha value is -0.300. The molecule has 28 heavy (non-hydrogen) atoms. The molecule has 1 atom stereocenters. The molecule has 0 N–H and O–H groups in total. The van der Waals surface area contributed by atoms with Crippen LogP contribution in [0.15, 0.2) is 12.2 Å². The van der Waals surface area contributed by atoms with Gasteiger partial charge in [0.2, 0.25) is 0 Å². The summed E-state index contributed by atoms with van der Waals surface area (Å²) < 4.78 is 0. The lowest BCUT2D eigenvalue weighted by Gasteiger charge is -2.21. The van der Waals surface area contributed by atoms with E-state index >= 15 is 0 Å². The number of hydrogen-bond donors (Lipinski definition) is 0. The first-order valence-electron chi connectivity index (χ1n) is 13.1. The molecule has 0 aromatic rings. The number of nitrogens with zero attached hydrogens (tertiary/aromatic N) is 1. The third-order valence-corrected chi connectivity index (χ3v) is 6.10. The van der Waals surface area contributed by atoms with E-state index in [0.717, 1.165) is 0 Å². The van der Waals surface area contributed by atoms with E-state index in [-0.39, 0.29) is 0 Å². The highest BCUT2D eigenvalue weighted by Gasteiger charge is 2.06. The van der Waals surface area contributed by atoms with Crippen LogP contribution in [-0.4, -0.2) is 25.0 Å². The van der Waals surface area contributed by atoms with Crippen molar-refractivity contribution in [2.45, 2.75) is 148 Å². The third-order valence-electron chi connectivity index (χ3n) is 6.10. The molecule has 0 heterocycles. The molecule has 1 nitrogen and oxygen atoms in total. The standard InChI is InChI=1S/C27H55N/c1-5-7-9-11-12-13-14-15-16-17-18-19-20-22-24-26-27(28(3)4)25-23-21-10-8-6-2/h23,25,27H,5-22,24,26H2,1-4H3/b25-23+. The molecule has 0 amide bonds. The lowest BCUT2D eigenvalue weighted by Crippen LogP contribution is -2.25. The highest BCUT2D eigenvalue weighted by molar-refractivity contribution is 4.93. The van der Waals surface area contributed by atoms with Crippen molar-refractivity contribution >= 4 is 0 Å². The van der Waals surface area contributed by atoms with Crippen molar-refractivity contribution in [1.82, 2.24) is 4.90 Å². The van der Waals surface area contributed by atoms with Gasteiger partial charge in [0.05, 0.1) is 0 Å². The van der Waals surface area contributed by atoms with E-state index in [1.54, 1.807) is 0 Å². The van der Waals surface area contributed by atoms with Gasteiger partial charge in [0.25, 0.3) is 0 Å². The van der Waals surface area contributed by atoms with E-state index in [2.05, 4.69) is 45.0 Å². The summed E-state index contributed by atoms with van der Waals surface area (Å²) in [5.74, 6) is 0. The monoisotopic (exact) mass is 393 g/mol. The van der Waals surface area contributed by atoms with Crippen LogP contribution in [-0.2, 0) is 0 Å². The molecule has 0 aliphatic rings. The van der Waals surface area contributed by atoms with Crippen LogP contribution in [0.3, 0.4) is 0 Å². The molecule has 0 radical (unpaired) electrons. The Morgan fingerprint density at radius 2 is 0.929 bits per heavy atom. The maximum atomic E-state index is 2.46. The maximum absolute atomic E-state index is 2.46. The molecule has 1 unspecified atom stereocenters. The smallest absolute Gasteiger partial charge is 0.0272 e. The molecule has 0 aromatic carbocycles. The van der Waals surface area contributed by atoms with Gasteiger partial charge in [-0.25, -0.2) is 0 Å². The minimum Gasteiger partial charge on any atom is -0.303 e. The first-order valence-corrected chi connectivity index (χ1v) is 13.1. The fourth-order valence-corrected chi connectivity index (χ4v) is 4.02. The summed E-state index contributed by atoms with van der Waals surface area (Å²) in [5, 5.41) is 0. The van der Waals surface area contributed by atoms with Gasteiger partial charge in [0.15, 0.2) is 0 Å². The van der Waals surface area contributed by atoms with Gasteiger partial charge < -0.3 is 4.90 Å². The van der Waals surface area contributed by atoms with Crippen LogP contribution in [0.2, 0.25) is 0 Å². The fourth-order valence-electron chi connectivity index (χ4n) is 4.02. The predicted molar refractivity (Wildman–Crippen MR) is 130 cm³/mol. The average Bonchev–Trinajstić information content (AvgIpc) is 2.68. The fraction of sp³-hybridized carbons (Fsp3) is 0.926. The van der Waals surface area contributed by atoms with E-state index in [0.29, 0.717) is 6.04 Å². The van der Waals surface area contributed by atoms with Crippen LogP contribution < -0.4 is 0 Å². The number of allylic oxidation sites excluding steroid dienone is 1. The Kier molecular flexibility index (Phi) is 22.7. The molecular formula is C27H55N. The van der Waals surface area contributed by atoms with Gasteiger partial charge in [-0.05, 0) is 33.4 Å². The van der Waals surface area contributed by atoms with Crippen LogP contribution in [0.25, 0.3) is 0 Å². The van der Waals surface area contributed by atoms with Crippen molar-refractivity contribution in [3.05, 3.63) is 12.2 Å². The highest BCUT2D eigenvalue weighted by atomic mass is 15.1. The van der Waals surface area contributed by atoms with Crippen molar-refractivity contribution in [3.63, 3.8) is 0 Å². The minimum absolute atomic E-state index is 0.642. The molecule has 0 fully saturated rings. The summed E-state index contributed by atoms with van der Waals surface area (Å²) in [7, 11) is 4.46. The third kappa shape index (κ3) is 20.4. The first kappa shape index (κ1) is 27.7. The normalized spacial score (nSPS) is 13.0. The minimum atomic E-state index is 0.642. The predicted octanol–water partition coefficient (Wildman–Crippen LogP) is 9.31. The second-order valence-corrected chi connectivity index (χ2v) is 9.19. The van der Waals surface area contributed by atoms with Crippen LogP contribution in [0.4, 0.5) is 0 Å². The van der Waals surface area contributed by atoms with Crippen LogP contribution in [0.1, 0.15) is 142 Å². The first-order chi connectivity index (χ1) is 13.7. The van der Waals surface area contributed by atoms with Crippen molar-refractivity contribution in [2.75, 3.05) is 14.1 Å². The zero-order valence-corrected chi connectivity index (χ0v) is 20.3. The van der Waals surface area contributed by atoms with Crippen LogP contribution in [0, 0.1) is 0 Å². The van der Waals surface area contributed by atoms with Crippen molar-refractivity contribution < 1.29 is 0 Å². The summed E-state index contributed by atoms with van der Waals surface area (Å²) in [6.07, 6.45) is 33.3. The molecule has 0 saturated carbocycles. The van der Waals surface area contributed by atoms with Gasteiger partial charge in [-0.15, -0.1) is 0 Å². The van der Waals surface area contributed by atoms with E-state index in [1.165, 1.54) is 128 Å². The van der Waals surface area contributed by atoms with E-state index in [9.17, 15) is 0 Å². The van der Waals surface area contributed by atoms with E-state index in [4.69, 9.17) is 0 Å². The summed E-state index contributed by atoms with van der Waals surface area (Å²) >= 11 is 0. The van der Waals surface area contributed by atoms with Crippen molar-refractivity contribution in [3.8, 4) is 0 Å². The average molecular weight is 394 g/mol. The van der Waals surface area contributed by atoms with E-state index < -0.39 is 0 Å². The molecule has 0 spiro atoms. The maximum Gasteiger partial charge on any atom is 0.0272 e. The molecular weight excluding hydrogens is 338 g/mol. The lowest BCUT2D eigenvalue weighted by atomic mass is 10.0. The van der Waals surface area contributed by atoms with Crippen molar-refractivity contribution in [1.29, 1.82) is 0 Å². The Labute approximate surface area is 179 Å². The van der Waals surface area contributed by atoms with Gasteiger partial charge >= 0.3 is 0 Å². The number of unbranched alkanes of at least 4 members (excludes halogenated alkanes) is 17. The Morgan fingerprint density at radius 1 is 0.536 bits per heavy atom. The van der Waals surface area contributed by atoms with Gasteiger partial charge in [-0.2, -0.15) is 0 Å². The summed E-state index contributed by atoms with van der Waals surface area (Å²) in [5.41, 5.74) is 0. The SMILES string of the molecule is CCCCC/C=C/C(CCCCCCCCCCCCCCCCC)N(C)C. The van der Waals surface area contributed by atoms with Crippen molar-refractivity contribution in [2.24, 2.45) is 0 Å². The molecule has 0 aliphatic heterocycles.